The van der Waals surface area contributed by atoms with Crippen molar-refractivity contribution in [1.29, 1.82) is 0 Å². The summed E-state index contributed by atoms with van der Waals surface area (Å²) in [7, 11) is 0. The number of carbonyl (C=O) groups is 1. The first-order valence-corrected chi connectivity index (χ1v) is 6.84. The van der Waals surface area contributed by atoms with Gasteiger partial charge in [0.2, 0.25) is 0 Å². The first-order chi connectivity index (χ1) is 10.9. The zero-order valence-corrected chi connectivity index (χ0v) is 12.1. The van der Waals surface area contributed by atoms with Gasteiger partial charge in [-0.05, 0) is 36.2 Å². The van der Waals surface area contributed by atoms with Gasteiger partial charge in [-0.2, -0.15) is 0 Å². The lowest BCUT2D eigenvalue weighted by atomic mass is 10.0. The summed E-state index contributed by atoms with van der Waals surface area (Å²) >= 11 is 0. The van der Waals surface area contributed by atoms with Crippen LogP contribution in [0.15, 0.2) is 36.4 Å². The van der Waals surface area contributed by atoms with Gasteiger partial charge in [0, 0.05) is 11.6 Å². The van der Waals surface area contributed by atoms with Crippen molar-refractivity contribution in [2.45, 2.75) is 12.5 Å². The molecule has 0 aliphatic rings. The van der Waals surface area contributed by atoms with Gasteiger partial charge in [0.25, 0.3) is 5.91 Å². The third-order valence-electron chi connectivity index (χ3n) is 3.24. The molecule has 1 amide bonds. The minimum absolute atomic E-state index is 0.0505. The second-order valence-corrected chi connectivity index (χ2v) is 5.12. The van der Waals surface area contributed by atoms with Crippen LogP contribution in [0.25, 0.3) is 0 Å². The van der Waals surface area contributed by atoms with Gasteiger partial charge in [0.15, 0.2) is 11.5 Å². The van der Waals surface area contributed by atoms with E-state index in [2.05, 4.69) is 5.32 Å². The highest BCUT2D eigenvalue weighted by Gasteiger charge is 2.15. The molecule has 2 aromatic rings. The molecular weight excluding hydrogens is 302 g/mol. The molecule has 2 aromatic carbocycles. The van der Waals surface area contributed by atoms with E-state index in [1.165, 1.54) is 24.3 Å². The summed E-state index contributed by atoms with van der Waals surface area (Å²) in [6.07, 6.45) is 0.223. The minimum atomic E-state index is -0.643. The van der Waals surface area contributed by atoms with Crippen molar-refractivity contribution in [3.05, 3.63) is 47.5 Å². The summed E-state index contributed by atoms with van der Waals surface area (Å²) in [5.74, 6) is -1.62. The van der Waals surface area contributed by atoms with Gasteiger partial charge < -0.3 is 30.8 Å². The number of benzene rings is 2. The number of phenolic OH excluding ortho intramolecular Hbond substituents is 4. The molecule has 0 saturated carbocycles. The number of phenols is 4. The fourth-order valence-electron chi connectivity index (χ4n) is 2.14. The van der Waals surface area contributed by atoms with Crippen LogP contribution < -0.4 is 5.32 Å². The lowest BCUT2D eigenvalue weighted by molar-refractivity contribution is 0.0915. The smallest absolute Gasteiger partial charge is 0.251 e. The van der Waals surface area contributed by atoms with E-state index in [0.717, 1.165) is 6.07 Å². The van der Waals surface area contributed by atoms with Crippen LogP contribution in [0.2, 0.25) is 0 Å². The fraction of sp³-hybridized carbons (Fsp3) is 0.188. The van der Waals surface area contributed by atoms with Crippen LogP contribution >= 0.6 is 0 Å². The van der Waals surface area contributed by atoms with Gasteiger partial charge in [-0.3, -0.25) is 4.79 Å². The number of aliphatic hydroxyl groups is 1. The lowest BCUT2D eigenvalue weighted by Crippen LogP contribution is -2.39. The molecule has 0 heterocycles. The Kier molecular flexibility index (Phi) is 4.92. The van der Waals surface area contributed by atoms with E-state index in [-0.39, 0.29) is 41.6 Å². The molecule has 0 aliphatic heterocycles. The molecule has 23 heavy (non-hydrogen) atoms. The largest absolute Gasteiger partial charge is 0.508 e. The van der Waals surface area contributed by atoms with Gasteiger partial charge in [0.1, 0.15) is 11.5 Å². The molecule has 0 fully saturated rings. The summed E-state index contributed by atoms with van der Waals surface area (Å²) in [4.78, 5) is 12.1. The molecule has 0 spiro atoms. The molecule has 0 aromatic heterocycles. The van der Waals surface area contributed by atoms with E-state index < -0.39 is 11.9 Å². The zero-order chi connectivity index (χ0) is 17.0. The molecule has 7 nitrogen and oxygen atoms in total. The molecule has 0 saturated heterocycles. The number of carbonyl (C=O) groups excluding carboxylic acids is 1. The first-order valence-electron chi connectivity index (χ1n) is 6.84. The monoisotopic (exact) mass is 319 g/mol. The SMILES string of the molecule is O=C(N[C@H](CO)Cc1ccc(O)c(O)c1)c1cc(O)cc(O)c1. The maximum atomic E-state index is 12.1. The van der Waals surface area contributed by atoms with Gasteiger partial charge in [-0.15, -0.1) is 0 Å². The molecule has 0 radical (unpaired) electrons. The number of hydrogen-bond acceptors (Lipinski definition) is 6. The Morgan fingerprint density at radius 2 is 1.61 bits per heavy atom. The van der Waals surface area contributed by atoms with Crippen molar-refractivity contribution in [1.82, 2.24) is 5.32 Å². The van der Waals surface area contributed by atoms with Crippen molar-refractivity contribution in [2.24, 2.45) is 0 Å². The fourth-order valence-corrected chi connectivity index (χ4v) is 2.14. The summed E-state index contributed by atoms with van der Waals surface area (Å²) < 4.78 is 0. The molecule has 6 N–H and O–H groups in total. The highest BCUT2D eigenvalue weighted by Crippen LogP contribution is 2.25. The number of aromatic hydroxyl groups is 4. The van der Waals surface area contributed by atoms with E-state index in [0.29, 0.717) is 5.56 Å². The maximum Gasteiger partial charge on any atom is 0.251 e. The Balaban J connectivity index is 2.09. The molecule has 0 aliphatic carbocycles. The number of hydrogen-bond donors (Lipinski definition) is 6. The van der Waals surface area contributed by atoms with E-state index in [1.54, 1.807) is 6.07 Å². The normalized spacial score (nSPS) is 11.9. The summed E-state index contributed by atoms with van der Waals surface area (Å²) in [6, 6.07) is 7.05. The first kappa shape index (κ1) is 16.4. The van der Waals surface area contributed by atoms with Crippen LogP contribution in [-0.4, -0.2) is 44.1 Å². The molecular formula is C16H17NO6. The summed E-state index contributed by atoms with van der Waals surface area (Å²) in [5, 5.41) is 49.4. The minimum Gasteiger partial charge on any atom is -0.508 e. The van der Waals surface area contributed by atoms with E-state index in [4.69, 9.17) is 0 Å². The van der Waals surface area contributed by atoms with Crippen LogP contribution in [0.3, 0.4) is 0 Å². The van der Waals surface area contributed by atoms with Gasteiger partial charge in [-0.1, -0.05) is 6.07 Å². The van der Waals surface area contributed by atoms with Crippen LogP contribution in [0.4, 0.5) is 0 Å². The maximum absolute atomic E-state index is 12.1. The Hall–Kier alpha value is -2.93. The average molecular weight is 319 g/mol. The number of amides is 1. The lowest BCUT2D eigenvalue weighted by Gasteiger charge is -2.17. The second kappa shape index (κ2) is 6.89. The molecule has 122 valence electrons. The average Bonchev–Trinajstić information content (AvgIpc) is 2.49. The zero-order valence-electron chi connectivity index (χ0n) is 12.1. The summed E-state index contributed by atoms with van der Waals surface area (Å²) in [6.45, 7) is -0.349. The Morgan fingerprint density at radius 3 is 2.17 bits per heavy atom. The Labute approximate surface area is 132 Å². The molecule has 7 heteroatoms. The molecule has 2 rings (SSSR count). The predicted molar refractivity (Wildman–Crippen MR) is 81.6 cm³/mol. The predicted octanol–water partition coefficient (Wildman–Crippen LogP) is 0.842. The number of aliphatic hydroxyl groups excluding tert-OH is 1. The number of rotatable bonds is 5. The van der Waals surface area contributed by atoms with E-state index >= 15 is 0 Å². The highest BCUT2D eigenvalue weighted by molar-refractivity contribution is 5.95. The molecule has 0 bridgehead atoms. The van der Waals surface area contributed by atoms with Crippen molar-refractivity contribution in [2.75, 3.05) is 6.61 Å². The Bertz CT molecular complexity index is 695. The van der Waals surface area contributed by atoms with E-state index in [1.807, 2.05) is 0 Å². The molecule has 0 unspecified atom stereocenters. The van der Waals surface area contributed by atoms with Crippen molar-refractivity contribution >= 4 is 5.91 Å². The third-order valence-corrected chi connectivity index (χ3v) is 3.24. The van der Waals surface area contributed by atoms with Gasteiger partial charge >= 0.3 is 0 Å². The molecule has 1 atom stereocenters. The highest BCUT2D eigenvalue weighted by atomic mass is 16.3. The van der Waals surface area contributed by atoms with Crippen LogP contribution in [-0.2, 0) is 6.42 Å². The van der Waals surface area contributed by atoms with Crippen molar-refractivity contribution in [3.8, 4) is 23.0 Å². The van der Waals surface area contributed by atoms with Crippen LogP contribution in [0, 0.1) is 0 Å². The topological polar surface area (TPSA) is 130 Å². The quantitative estimate of drug-likeness (QED) is 0.453. The standard InChI is InChI=1S/C16H17NO6/c18-8-11(3-9-1-2-14(21)15(22)4-9)17-16(23)10-5-12(19)7-13(20)6-10/h1-2,4-7,11,18-22H,3,8H2,(H,17,23)/t11-/m0/s1. The van der Waals surface area contributed by atoms with Gasteiger partial charge in [-0.25, -0.2) is 0 Å². The van der Waals surface area contributed by atoms with Crippen LogP contribution in [0.1, 0.15) is 15.9 Å². The van der Waals surface area contributed by atoms with Crippen molar-refractivity contribution in [3.63, 3.8) is 0 Å². The Morgan fingerprint density at radius 1 is 0.957 bits per heavy atom. The van der Waals surface area contributed by atoms with Crippen molar-refractivity contribution < 1.29 is 30.3 Å². The second-order valence-electron chi connectivity index (χ2n) is 5.12. The van der Waals surface area contributed by atoms with Crippen LogP contribution in [0.5, 0.6) is 23.0 Å². The van der Waals surface area contributed by atoms with Gasteiger partial charge in [0.05, 0.1) is 12.6 Å². The summed E-state index contributed by atoms with van der Waals surface area (Å²) in [5.41, 5.74) is 0.660. The third kappa shape index (κ3) is 4.27. The number of nitrogens with one attached hydrogen (secondary N) is 1. The van der Waals surface area contributed by atoms with E-state index in [9.17, 15) is 30.3 Å².